The number of hydrogen-bond acceptors (Lipinski definition) is 5. The van der Waals surface area contributed by atoms with Crippen molar-refractivity contribution in [2.24, 2.45) is 0 Å². The molecule has 21 heavy (non-hydrogen) atoms. The Kier molecular flexibility index (Phi) is 4.34. The molecule has 0 aromatic heterocycles. The average Bonchev–Trinajstić information content (AvgIpc) is 2.36. The Morgan fingerprint density at radius 2 is 2.05 bits per heavy atom. The second-order valence-corrected chi connectivity index (χ2v) is 8.18. The van der Waals surface area contributed by atoms with E-state index in [9.17, 15) is 21.6 Å². The summed E-state index contributed by atoms with van der Waals surface area (Å²) < 4.78 is 61.6. The van der Waals surface area contributed by atoms with Crippen LogP contribution in [0.25, 0.3) is 0 Å². The third-order valence-corrected chi connectivity index (χ3v) is 5.89. The van der Waals surface area contributed by atoms with Crippen LogP contribution in [0.15, 0.2) is 18.2 Å². The molecule has 0 bridgehead atoms. The maximum absolute atomic E-state index is 12.6. The summed E-state index contributed by atoms with van der Waals surface area (Å²) in [6.45, 7) is 0.429. The molecule has 0 aliphatic carbocycles. The van der Waals surface area contributed by atoms with Crippen LogP contribution in [0.4, 0.5) is 24.5 Å². The molecular formula is C12H15F3N2O2S2. The van der Waals surface area contributed by atoms with Crippen LogP contribution in [0.1, 0.15) is 5.56 Å². The van der Waals surface area contributed by atoms with Crippen molar-refractivity contribution in [2.45, 2.75) is 11.6 Å². The highest BCUT2D eigenvalue weighted by Gasteiger charge is 2.34. The summed E-state index contributed by atoms with van der Waals surface area (Å²) in [7, 11) is -3.35. The van der Waals surface area contributed by atoms with Gasteiger partial charge in [0.05, 0.1) is 16.9 Å². The minimum absolute atomic E-state index is 0.0645. The van der Waals surface area contributed by atoms with Crippen molar-refractivity contribution in [3.8, 4) is 0 Å². The molecule has 1 aromatic carbocycles. The van der Waals surface area contributed by atoms with Crippen LogP contribution in [0, 0.1) is 0 Å². The van der Waals surface area contributed by atoms with Crippen molar-refractivity contribution >= 4 is 33.0 Å². The maximum Gasteiger partial charge on any atom is 0.416 e. The first-order valence-corrected chi connectivity index (χ1v) is 9.21. The van der Waals surface area contributed by atoms with Gasteiger partial charge in [-0.25, -0.2) is 8.42 Å². The van der Waals surface area contributed by atoms with Crippen molar-refractivity contribution in [1.82, 2.24) is 0 Å². The maximum atomic E-state index is 12.6. The van der Waals surface area contributed by atoms with Gasteiger partial charge in [-0.3, -0.25) is 0 Å². The summed E-state index contributed by atoms with van der Waals surface area (Å²) in [4.78, 5) is 1.57. The topological polar surface area (TPSA) is 63.4 Å². The molecule has 1 aromatic rings. The van der Waals surface area contributed by atoms with E-state index >= 15 is 0 Å². The highest BCUT2D eigenvalue weighted by atomic mass is 32.2. The van der Waals surface area contributed by atoms with E-state index in [2.05, 4.69) is 0 Å². The lowest BCUT2D eigenvalue weighted by Gasteiger charge is -2.36. The summed E-state index contributed by atoms with van der Waals surface area (Å²) in [5.74, 6) is 1.08. The molecule has 0 spiro atoms. The molecule has 1 fully saturated rings. The van der Waals surface area contributed by atoms with E-state index in [1.165, 1.54) is 17.8 Å². The van der Waals surface area contributed by atoms with Gasteiger partial charge in [-0.15, -0.1) is 0 Å². The zero-order valence-corrected chi connectivity index (χ0v) is 12.9. The number of benzene rings is 1. The normalized spacial score (nSPS) is 20.6. The van der Waals surface area contributed by atoms with Crippen LogP contribution in [0.5, 0.6) is 0 Å². The zero-order valence-electron chi connectivity index (χ0n) is 11.2. The lowest BCUT2D eigenvalue weighted by atomic mass is 10.1. The Labute approximate surface area is 125 Å². The van der Waals surface area contributed by atoms with Gasteiger partial charge in [-0.2, -0.15) is 24.9 Å². The van der Waals surface area contributed by atoms with Gasteiger partial charge in [0, 0.05) is 24.3 Å². The molecule has 1 atom stereocenters. The van der Waals surface area contributed by atoms with Crippen LogP contribution in [-0.4, -0.2) is 38.1 Å². The predicted octanol–water partition coefficient (Wildman–Crippen LogP) is 2.21. The highest BCUT2D eigenvalue weighted by molar-refractivity contribution is 8.01. The lowest BCUT2D eigenvalue weighted by molar-refractivity contribution is -0.137. The van der Waals surface area contributed by atoms with E-state index in [4.69, 9.17) is 5.73 Å². The molecule has 1 saturated heterocycles. The summed E-state index contributed by atoms with van der Waals surface area (Å²) in [6, 6.07) is 3.01. The number of rotatable bonds is 2. The molecule has 1 heterocycles. The Balaban J connectivity index is 2.40. The van der Waals surface area contributed by atoms with Crippen LogP contribution in [0.2, 0.25) is 0 Å². The van der Waals surface area contributed by atoms with Gasteiger partial charge in [0.25, 0.3) is 0 Å². The molecule has 1 aliphatic heterocycles. The molecule has 1 unspecified atom stereocenters. The van der Waals surface area contributed by atoms with E-state index in [1.54, 1.807) is 4.90 Å². The van der Waals surface area contributed by atoms with E-state index < -0.39 is 27.0 Å². The van der Waals surface area contributed by atoms with Gasteiger partial charge < -0.3 is 10.6 Å². The molecule has 0 amide bonds. The fraction of sp³-hybridized carbons (Fsp3) is 0.500. The SMILES string of the molecule is CS(=O)(=O)C1CSCCN1c1ccc(C(F)(F)F)cc1N. The number of halogens is 3. The summed E-state index contributed by atoms with van der Waals surface area (Å²) >= 11 is 1.50. The second-order valence-electron chi connectivity index (χ2n) is 4.82. The van der Waals surface area contributed by atoms with E-state index in [0.717, 1.165) is 18.4 Å². The first-order valence-electron chi connectivity index (χ1n) is 6.10. The van der Waals surface area contributed by atoms with Crippen LogP contribution in [0.3, 0.4) is 0 Å². The monoisotopic (exact) mass is 340 g/mol. The van der Waals surface area contributed by atoms with Crippen LogP contribution < -0.4 is 10.6 Å². The molecule has 4 nitrogen and oxygen atoms in total. The fourth-order valence-electron chi connectivity index (χ4n) is 2.20. The lowest BCUT2D eigenvalue weighted by Crippen LogP contribution is -2.47. The molecule has 118 valence electrons. The van der Waals surface area contributed by atoms with Gasteiger partial charge >= 0.3 is 6.18 Å². The smallest absolute Gasteiger partial charge is 0.397 e. The molecule has 2 N–H and O–H groups in total. The molecular weight excluding hydrogens is 325 g/mol. The first kappa shape index (κ1) is 16.3. The summed E-state index contributed by atoms with van der Waals surface area (Å²) in [6.07, 6.45) is -3.35. The number of alkyl halides is 3. The minimum Gasteiger partial charge on any atom is -0.397 e. The number of hydrogen-bond donors (Lipinski definition) is 1. The zero-order chi connectivity index (χ0) is 15.8. The Bertz CT molecular complexity index is 632. The number of sulfone groups is 1. The summed E-state index contributed by atoms with van der Waals surface area (Å²) in [5.41, 5.74) is 5.14. The van der Waals surface area contributed by atoms with Gasteiger partial charge in [0.1, 0.15) is 5.37 Å². The van der Waals surface area contributed by atoms with Crippen molar-refractivity contribution in [3.05, 3.63) is 23.8 Å². The van der Waals surface area contributed by atoms with E-state index in [-0.39, 0.29) is 5.69 Å². The van der Waals surface area contributed by atoms with Crippen molar-refractivity contribution in [2.75, 3.05) is 34.9 Å². The van der Waals surface area contributed by atoms with Gasteiger partial charge in [-0.1, -0.05) is 0 Å². The number of nitrogens with two attached hydrogens (primary N) is 1. The standard InChI is InChI=1S/C12H15F3N2O2S2/c1-21(18,19)11-7-20-5-4-17(11)10-3-2-8(6-9(10)16)12(13,14)15/h2-3,6,11H,4-5,7,16H2,1H3. The number of nitrogen functional groups attached to an aromatic ring is 1. The van der Waals surface area contributed by atoms with Gasteiger partial charge in [0.2, 0.25) is 0 Å². The van der Waals surface area contributed by atoms with Gasteiger partial charge in [0.15, 0.2) is 9.84 Å². The highest BCUT2D eigenvalue weighted by Crippen LogP contribution is 2.36. The van der Waals surface area contributed by atoms with E-state index in [0.29, 0.717) is 23.7 Å². The molecule has 0 radical (unpaired) electrons. The number of thioether (sulfide) groups is 1. The largest absolute Gasteiger partial charge is 0.416 e. The fourth-order valence-corrected chi connectivity index (χ4v) is 5.04. The third-order valence-electron chi connectivity index (χ3n) is 3.24. The van der Waals surface area contributed by atoms with Crippen molar-refractivity contribution < 1.29 is 21.6 Å². The van der Waals surface area contributed by atoms with E-state index in [1.807, 2.05) is 0 Å². The molecule has 2 rings (SSSR count). The van der Waals surface area contributed by atoms with Crippen molar-refractivity contribution in [1.29, 1.82) is 0 Å². The average molecular weight is 340 g/mol. The quantitative estimate of drug-likeness (QED) is 0.837. The number of nitrogens with zero attached hydrogens (tertiary/aromatic N) is 1. The molecule has 1 aliphatic rings. The molecule has 0 saturated carbocycles. The second kappa shape index (κ2) is 5.60. The first-order chi connectivity index (χ1) is 9.60. The summed E-state index contributed by atoms with van der Waals surface area (Å²) in [5, 5.41) is -0.768. The van der Waals surface area contributed by atoms with Crippen LogP contribution >= 0.6 is 11.8 Å². The van der Waals surface area contributed by atoms with Crippen LogP contribution in [-0.2, 0) is 16.0 Å². The molecule has 9 heteroatoms. The minimum atomic E-state index is -4.47. The number of anilines is 2. The third kappa shape index (κ3) is 3.57. The Morgan fingerprint density at radius 3 is 2.57 bits per heavy atom. The van der Waals surface area contributed by atoms with Crippen molar-refractivity contribution in [3.63, 3.8) is 0 Å². The predicted molar refractivity (Wildman–Crippen MR) is 79.2 cm³/mol. The Hall–Kier alpha value is -1.09. The Morgan fingerprint density at radius 1 is 1.38 bits per heavy atom. The van der Waals surface area contributed by atoms with Gasteiger partial charge in [-0.05, 0) is 18.2 Å².